The van der Waals surface area contributed by atoms with Gasteiger partial charge in [-0.05, 0) is 68.5 Å². The first-order chi connectivity index (χ1) is 15.6. The van der Waals surface area contributed by atoms with E-state index in [0.29, 0.717) is 18.0 Å². The van der Waals surface area contributed by atoms with Gasteiger partial charge in [0.1, 0.15) is 35.1 Å². The summed E-state index contributed by atoms with van der Waals surface area (Å²) >= 11 is 6.11. The number of piperidine rings is 1. The van der Waals surface area contributed by atoms with Crippen LogP contribution in [0, 0.1) is 0 Å². The van der Waals surface area contributed by atoms with Crippen LogP contribution in [0.4, 0.5) is 5.69 Å². The standard InChI is InChI=1S/C25H31ClN2O5/c1-17(29)27-21-5-4-20(30)14-23(21)32-16-24(2,31)15-28-11-9-25(10-12-28)8-7-18-13-19(26)3-6-22(18)33-25/h3-6,13-14,30-31H,7-12,15-16H2,1-2H3,(H,27,29). The van der Waals surface area contributed by atoms with Crippen molar-refractivity contribution in [3.05, 3.63) is 47.0 Å². The maximum atomic E-state index is 11.4. The molecule has 33 heavy (non-hydrogen) atoms. The number of phenolic OH excluding ortho intramolecular Hbond substituents is 1. The summed E-state index contributed by atoms with van der Waals surface area (Å²) in [5.74, 6) is 1.03. The van der Waals surface area contributed by atoms with Gasteiger partial charge in [0.25, 0.3) is 0 Å². The van der Waals surface area contributed by atoms with Crippen LogP contribution in [-0.4, -0.2) is 58.5 Å². The van der Waals surface area contributed by atoms with Gasteiger partial charge in [0.2, 0.25) is 5.91 Å². The average molecular weight is 475 g/mol. The van der Waals surface area contributed by atoms with Crippen LogP contribution < -0.4 is 14.8 Å². The summed E-state index contributed by atoms with van der Waals surface area (Å²) in [6.07, 6.45) is 3.72. The summed E-state index contributed by atoms with van der Waals surface area (Å²) in [6, 6.07) is 10.3. The van der Waals surface area contributed by atoms with Crippen molar-refractivity contribution in [2.24, 2.45) is 0 Å². The third kappa shape index (κ3) is 5.91. The molecule has 0 aromatic heterocycles. The van der Waals surface area contributed by atoms with Crippen molar-refractivity contribution in [2.45, 2.75) is 50.7 Å². The van der Waals surface area contributed by atoms with E-state index in [1.165, 1.54) is 24.6 Å². The summed E-state index contributed by atoms with van der Waals surface area (Å²) in [6.45, 7) is 5.25. The highest BCUT2D eigenvalue weighted by Crippen LogP contribution is 2.40. The predicted molar refractivity (Wildman–Crippen MR) is 127 cm³/mol. The Labute approximate surface area is 199 Å². The summed E-state index contributed by atoms with van der Waals surface area (Å²) < 4.78 is 12.2. The van der Waals surface area contributed by atoms with Crippen molar-refractivity contribution in [3.63, 3.8) is 0 Å². The minimum atomic E-state index is -1.11. The molecule has 1 amide bonds. The summed E-state index contributed by atoms with van der Waals surface area (Å²) in [4.78, 5) is 13.7. The number of β-amino-alcohol motifs (C(OH)–C–C–N with tert-alkyl or cyclic N) is 1. The zero-order valence-electron chi connectivity index (χ0n) is 19.1. The van der Waals surface area contributed by atoms with E-state index in [-0.39, 0.29) is 23.9 Å². The normalized spacial score (nSPS) is 19.3. The molecule has 1 atom stereocenters. The fourth-order valence-electron chi connectivity index (χ4n) is 4.64. The number of benzene rings is 2. The number of halogens is 1. The van der Waals surface area contributed by atoms with Crippen LogP contribution in [0.5, 0.6) is 17.2 Å². The van der Waals surface area contributed by atoms with Crippen LogP contribution in [-0.2, 0) is 11.2 Å². The molecular formula is C25H31ClN2O5. The lowest BCUT2D eigenvalue weighted by molar-refractivity contribution is -0.114. The number of rotatable bonds is 6. The molecule has 2 aromatic rings. The average Bonchev–Trinajstić information content (AvgIpc) is 2.76. The highest BCUT2D eigenvalue weighted by atomic mass is 35.5. The second-order valence-electron chi connectivity index (χ2n) is 9.46. The molecule has 8 heteroatoms. The highest BCUT2D eigenvalue weighted by molar-refractivity contribution is 6.30. The molecule has 1 unspecified atom stereocenters. The van der Waals surface area contributed by atoms with Crippen molar-refractivity contribution >= 4 is 23.2 Å². The monoisotopic (exact) mass is 474 g/mol. The van der Waals surface area contributed by atoms with Gasteiger partial charge in [0.15, 0.2) is 0 Å². The van der Waals surface area contributed by atoms with Gasteiger partial charge in [-0.1, -0.05) is 11.6 Å². The largest absolute Gasteiger partial charge is 0.508 e. The lowest BCUT2D eigenvalue weighted by atomic mass is 9.83. The van der Waals surface area contributed by atoms with Gasteiger partial charge in [-0.25, -0.2) is 0 Å². The molecule has 0 bridgehead atoms. The maximum Gasteiger partial charge on any atom is 0.221 e. The highest BCUT2D eigenvalue weighted by Gasteiger charge is 2.40. The molecule has 0 aliphatic carbocycles. The maximum absolute atomic E-state index is 11.4. The molecule has 7 nitrogen and oxygen atoms in total. The third-order valence-electron chi connectivity index (χ3n) is 6.34. The number of amides is 1. The molecule has 3 N–H and O–H groups in total. The molecule has 1 spiro atoms. The number of anilines is 1. The first kappa shape index (κ1) is 23.7. The number of carbonyl (C=O) groups is 1. The van der Waals surface area contributed by atoms with Crippen LogP contribution in [0.25, 0.3) is 0 Å². The van der Waals surface area contributed by atoms with Crippen LogP contribution in [0.1, 0.15) is 38.7 Å². The predicted octanol–water partition coefficient (Wildman–Crippen LogP) is 3.99. The van der Waals surface area contributed by atoms with Crippen LogP contribution in [0.3, 0.4) is 0 Å². The lowest BCUT2D eigenvalue weighted by Crippen LogP contribution is -2.53. The Balaban J connectivity index is 1.32. The van der Waals surface area contributed by atoms with Crippen molar-refractivity contribution in [1.82, 2.24) is 4.90 Å². The first-order valence-corrected chi connectivity index (χ1v) is 11.7. The molecule has 2 aromatic carbocycles. The Hall–Kier alpha value is -2.48. The lowest BCUT2D eigenvalue weighted by Gasteiger charge is -2.45. The SMILES string of the molecule is CC(=O)Nc1ccc(O)cc1OCC(C)(O)CN1CCC2(CCc3cc(Cl)ccc3O2)CC1. The van der Waals surface area contributed by atoms with Crippen LogP contribution >= 0.6 is 11.6 Å². The minimum Gasteiger partial charge on any atom is -0.508 e. The molecule has 0 saturated carbocycles. The number of aryl methyl sites for hydroxylation is 1. The first-order valence-electron chi connectivity index (χ1n) is 11.3. The van der Waals surface area contributed by atoms with Gasteiger partial charge in [0, 0.05) is 37.6 Å². The molecule has 2 heterocycles. The zero-order valence-corrected chi connectivity index (χ0v) is 19.8. The Kier molecular flexibility index (Phi) is 6.75. The molecule has 1 fully saturated rings. The molecule has 2 aliphatic heterocycles. The van der Waals surface area contributed by atoms with E-state index in [0.717, 1.165) is 49.5 Å². The second-order valence-corrected chi connectivity index (χ2v) is 9.90. The zero-order chi connectivity index (χ0) is 23.6. The Bertz CT molecular complexity index is 1020. The van der Waals surface area contributed by atoms with Gasteiger partial charge < -0.3 is 29.9 Å². The number of nitrogens with zero attached hydrogens (tertiary/aromatic N) is 1. The van der Waals surface area contributed by atoms with E-state index in [2.05, 4.69) is 10.2 Å². The Morgan fingerprint density at radius 3 is 2.73 bits per heavy atom. The van der Waals surface area contributed by atoms with E-state index in [1.807, 2.05) is 18.2 Å². The number of hydrogen-bond donors (Lipinski definition) is 3. The van der Waals surface area contributed by atoms with Crippen molar-refractivity contribution < 1.29 is 24.5 Å². The number of nitrogens with one attached hydrogen (secondary N) is 1. The topological polar surface area (TPSA) is 91.3 Å². The van der Waals surface area contributed by atoms with E-state index in [9.17, 15) is 15.0 Å². The van der Waals surface area contributed by atoms with Gasteiger partial charge >= 0.3 is 0 Å². The number of aliphatic hydroxyl groups is 1. The smallest absolute Gasteiger partial charge is 0.221 e. The molecular weight excluding hydrogens is 444 g/mol. The number of hydrogen-bond acceptors (Lipinski definition) is 6. The van der Waals surface area contributed by atoms with Gasteiger partial charge in [-0.2, -0.15) is 0 Å². The van der Waals surface area contributed by atoms with E-state index in [4.69, 9.17) is 21.1 Å². The fourth-order valence-corrected chi connectivity index (χ4v) is 4.84. The fraction of sp³-hybridized carbons (Fsp3) is 0.480. The molecule has 0 radical (unpaired) electrons. The second kappa shape index (κ2) is 9.41. The van der Waals surface area contributed by atoms with Crippen molar-refractivity contribution in [2.75, 3.05) is 31.6 Å². The molecule has 4 rings (SSSR count). The van der Waals surface area contributed by atoms with E-state index < -0.39 is 5.60 Å². The number of phenols is 1. The number of aromatic hydroxyl groups is 1. The molecule has 178 valence electrons. The number of ether oxygens (including phenoxy) is 2. The van der Waals surface area contributed by atoms with Gasteiger partial charge in [-0.15, -0.1) is 0 Å². The Morgan fingerprint density at radius 1 is 1.24 bits per heavy atom. The van der Waals surface area contributed by atoms with Crippen LogP contribution in [0.2, 0.25) is 5.02 Å². The Morgan fingerprint density at radius 2 is 2.00 bits per heavy atom. The molecule has 1 saturated heterocycles. The summed E-state index contributed by atoms with van der Waals surface area (Å²) in [5, 5.41) is 24.2. The van der Waals surface area contributed by atoms with Crippen LogP contribution in [0.15, 0.2) is 36.4 Å². The van der Waals surface area contributed by atoms with Gasteiger partial charge in [0.05, 0.1) is 5.69 Å². The molecule has 2 aliphatic rings. The minimum absolute atomic E-state index is 0.0231. The van der Waals surface area contributed by atoms with Crippen molar-refractivity contribution in [1.29, 1.82) is 0 Å². The van der Waals surface area contributed by atoms with E-state index in [1.54, 1.807) is 13.0 Å². The van der Waals surface area contributed by atoms with Gasteiger partial charge in [-0.3, -0.25) is 4.79 Å². The summed E-state index contributed by atoms with van der Waals surface area (Å²) in [7, 11) is 0. The third-order valence-corrected chi connectivity index (χ3v) is 6.58. The van der Waals surface area contributed by atoms with E-state index >= 15 is 0 Å². The number of fused-ring (bicyclic) bond motifs is 1. The quantitative estimate of drug-likeness (QED) is 0.548. The van der Waals surface area contributed by atoms with Crippen molar-refractivity contribution in [3.8, 4) is 17.2 Å². The number of likely N-dealkylation sites (tertiary alicyclic amines) is 1. The summed E-state index contributed by atoms with van der Waals surface area (Å²) in [5.41, 5.74) is 0.350. The number of carbonyl (C=O) groups excluding carboxylic acids is 1.